The molecule has 1 aliphatic carbocycles. The maximum absolute atomic E-state index is 12.7. The zero-order chi connectivity index (χ0) is 20.5. The third-order valence-corrected chi connectivity index (χ3v) is 6.41. The summed E-state index contributed by atoms with van der Waals surface area (Å²) in [5.74, 6) is 0.132. The van der Waals surface area contributed by atoms with Gasteiger partial charge in [-0.2, -0.15) is 0 Å². The molecule has 7 heteroatoms. The van der Waals surface area contributed by atoms with E-state index >= 15 is 0 Å². The maximum Gasteiger partial charge on any atom is 0.263 e. The molecule has 0 saturated carbocycles. The van der Waals surface area contributed by atoms with E-state index in [4.69, 9.17) is 4.74 Å². The number of rotatable bonds is 4. The van der Waals surface area contributed by atoms with E-state index in [9.17, 15) is 13.2 Å². The Hall–Kier alpha value is -2.02. The number of hydrogen-bond donors (Lipinski definition) is 1. The van der Waals surface area contributed by atoms with Crippen molar-refractivity contribution < 1.29 is 17.9 Å². The first kappa shape index (κ1) is 20.7. The van der Waals surface area contributed by atoms with Crippen molar-refractivity contribution in [2.45, 2.75) is 58.0 Å². The molecule has 1 aliphatic heterocycles. The van der Waals surface area contributed by atoms with E-state index in [1.54, 1.807) is 6.07 Å². The fourth-order valence-electron chi connectivity index (χ4n) is 3.55. The van der Waals surface area contributed by atoms with Crippen molar-refractivity contribution in [2.24, 2.45) is 0 Å². The molecule has 2 aliphatic rings. The van der Waals surface area contributed by atoms with Crippen LogP contribution in [0.15, 0.2) is 29.8 Å². The molecule has 28 heavy (non-hydrogen) atoms. The molecule has 1 N–H and O–H groups in total. The number of ether oxygens (including phenoxy) is 1. The van der Waals surface area contributed by atoms with Crippen molar-refractivity contribution >= 4 is 21.6 Å². The van der Waals surface area contributed by atoms with Gasteiger partial charge in [-0.05, 0) is 48.8 Å². The first-order valence-corrected chi connectivity index (χ1v) is 11.6. The van der Waals surface area contributed by atoms with Gasteiger partial charge in [-0.15, -0.1) is 0 Å². The van der Waals surface area contributed by atoms with Crippen LogP contribution in [0.1, 0.15) is 52.0 Å². The number of anilines is 1. The van der Waals surface area contributed by atoms with Crippen LogP contribution in [-0.2, 0) is 20.2 Å². The van der Waals surface area contributed by atoms with Crippen LogP contribution in [0.5, 0.6) is 5.75 Å². The lowest BCUT2D eigenvalue weighted by Gasteiger charge is -2.35. The number of benzene rings is 1. The molecule has 0 saturated heterocycles. The van der Waals surface area contributed by atoms with Crippen LogP contribution in [-0.4, -0.2) is 39.8 Å². The molecule has 0 unspecified atom stereocenters. The molecule has 0 fully saturated rings. The largest absolute Gasteiger partial charge is 0.476 e. The highest BCUT2D eigenvalue weighted by Gasteiger charge is 2.35. The summed E-state index contributed by atoms with van der Waals surface area (Å²) in [6.07, 6.45) is 6.86. The molecule has 3 rings (SSSR count). The summed E-state index contributed by atoms with van der Waals surface area (Å²) in [6.45, 7) is 6.68. The van der Waals surface area contributed by atoms with Gasteiger partial charge in [-0.3, -0.25) is 9.10 Å². The molecule has 0 radical (unpaired) electrons. The smallest absolute Gasteiger partial charge is 0.263 e. The van der Waals surface area contributed by atoms with Gasteiger partial charge in [-0.25, -0.2) is 8.42 Å². The molecule has 1 aromatic rings. The molecule has 6 nitrogen and oxygen atoms in total. The number of allylic oxidation sites excluding steroid dienone is 1. The number of hydrogen-bond acceptors (Lipinski definition) is 4. The van der Waals surface area contributed by atoms with Crippen molar-refractivity contribution in [3.63, 3.8) is 0 Å². The lowest BCUT2D eigenvalue weighted by atomic mass is 9.86. The Morgan fingerprint density at radius 1 is 1.29 bits per heavy atom. The van der Waals surface area contributed by atoms with E-state index < -0.39 is 16.1 Å². The molecular formula is C21H30N2O4S. The summed E-state index contributed by atoms with van der Waals surface area (Å²) in [5, 5.41) is 2.91. The highest BCUT2D eigenvalue weighted by atomic mass is 32.2. The van der Waals surface area contributed by atoms with Gasteiger partial charge in [0.25, 0.3) is 5.91 Å². The van der Waals surface area contributed by atoms with Crippen LogP contribution in [0, 0.1) is 0 Å². The van der Waals surface area contributed by atoms with Crippen LogP contribution in [0.4, 0.5) is 5.69 Å². The van der Waals surface area contributed by atoms with Gasteiger partial charge < -0.3 is 10.1 Å². The lowest BCUT2D eigenvalue weighted by molar-refractivity contribution is -0.127. The van der Waals surface area contributed by atoms with E-state index in [0.717, 1.165) is 31.1 Å². The minimum atomic E-state index is -3.54. The average molecular weight is 407 g/mol. The Labute approximate surface area is 168 Å². The normalized spacial score (nSPS) is 20.1. The molecular weight excluding hydrogens is 376 g/mol. The lowest BCUT2D eigenvalue weighted by Crippen LogP contribution is -2.50. The van der Waals surface area contributed by atoms with Gasteiger partial charge >= 0.3 is 0 Å². The Kier molecular flexibility index (Phi) is 5.75. The molecule has 0 spiro atoms. The van der Waals surface area contributed by atoms with Gasteiger partial charge in [0.1, 0.15) is 5.75 Å². The van der Waals surface area contributed by atoms with E-state index in [0.29, 0.717) is 18.0 Å². The fourth-order valence-corrected chi connectivity index (χ4v) is 4.45. The molecule has 0 aromatic heterocycles. The first-order chi connectivity index (χ1) is 13.1. The van der Waals surface area contributed by atoms with E-state index in [1.165, 1.54) is 16.3 Å². The summed E-state index contributed by atoms with van der Waals surface area (Å²) < 4.78 is 32.0. The minimum Gasteiger partial charge on any atom is -0.476 e. The van der Waals surface area contributed by atoms with Crippen molar-refractivity contribution in [2.75, 3.05) is 23.7 Å². The topological polar surface area (TPSA) is 75.7 Å². The van der Waals surface area contributed by atoms with Crippen LogP contribution >= 0.6 is 0 Å². The third-order valence-electron chi connectivity index (χ3n) is 5.26. The number of nitrogens with one attached hydrogen (secondary N) is 1. The summed E-state index contributed by atoms with van der Waals surface area (Å²) >= 11 is 0. The zero-order valence-corrected chi connectivity index (χ0v) is 17.9. The maximum atomic E-state index is 12.7. The second-order valence-corrected chi connectivity index (χ2v) is 10.6. The highest BCUT2D eigenvalue weighted by molar-refractivity contribution is 7.92. The summed E-state index contributed by atoms with van der Waals surface area (Å²) in [7, 11) is -3.54. The summed E-state index contributed by atoms with van der Waals surface area (Å²) in [4.78, 5) is 12.7. The van der Waals surface area contributed by atoms with E-state index in [-0.39, 0.29) is 17.9 Å². The minimum absolute atomic E-state index is 0.0235. The average Bonchev–Trinajstić information content (AvgIpc) is 2.64. The van der Waals surface area contributed by atoms with E-state index in [1.807, 2.05) is 12.1 Å². The molecule has 1 amide bonds. The number of amides is 1. The second-order valence-electron chi connectivity index (χ2n) is 8.66. The van der Waals surface area contributed by atoms with Crippen LogP contribution in [0.25, 0.3) is 0 Å². The van der Waals surface area contributed by atoms with Crippen molar-refractivity contribution in [1.82, 2.24) is 5.32 Å². The highest BCUT2D eigenvalue weighted by Crippen LogP contribution is 2.38. The van der Waals surface area contributed by atoms with Gasteiger partial charge in [0.15, 0.2) is 6.10 Å². The molecule has 1 heterocycles. The molecule has 1 atom stereocenters. The van der Waals surface area contributed by atoms with Gasteiger partial charge in [0.05, 0.1) is 18.5 Å². The standard InChI is InChI=1S/C21H30N2O4S/c1-21(2,3)16-10-11-18-17(12-16)23(28(4,25)26)14-19(27-18)20(24)22-13-15-8-6-5-7-9-15/h8,10-12,19H,5-7,9,13-14H2,1-4H3,(H,22,24)/t19-/m1/s1. The predicted molar refractivity (Wildman–Crippen MR) is 111 cm³/mol. The van der Waals surface area contributed by atoms with Crippen LogP contribution in [0.3, 0.4) is 0 Å². The van der Waals surface area contributed by atoms with Gasteiger partial charge in [0.2, 0.25) is 10.0 Å². The number of sulfonamides is 1. The predicted octanol–water partition coefficient (Wildman–Crippen LogP) is 3.13. The van der Waals surface area contributed by atoms with Gasteiger partial charge in [-0.1, -0.05) is 38.5 Å². The van der Waals surface area contributed by atoms with Crippen molar-refractivity contribution in [1.29, 1.82) is 0 Å². The molecule has 1 aromatic carbocycles. The monoisotopic (exact) mass is 406 g/mol. The number of carbonyl (C=O) groups excluding carboxylic acids is 1. The number of carbonyl (C=O) groups is 1. The van der Waals surface area contributed by atoms with Crippen molar-refractivity contribution in [3.05, 3.63) is 35.4 Å². The Morgan fingerprint density at radius 3 is 2.64 bits per heavy atom. The van der Waals surface area contributed by atoms with Crippen LogP contribution < -0.4 is 14.4 Å². The fraction of sp³-hybridized carbons (Fsp3) is 0.571. The Bertz CT molecular complexity index is 884. The van der Waals surface area contributed by atoms with Crippen molar-refractivity contribution in [3.8, 4) is 5.75 Å². The zero-order valence-electron chi connectivity index (χ0n) is 17.1. The summed E-state index contributed by atoms with van der Waals surface area (Å²) in [6, 6.07) is 5.53. The van der Waals surface area contributed by atoms with E-state index in [2.05, 4.69) is 32.2 Å². The Balaban J connectivity index is 1.82. The van der Waals surface area contributed by atoms with Gasteiger partial charge in [0, 0.05) is 6.54 Å². The summed E-state index contributed by atoms with van der Waals surface area (Å²) in [5.41, 5.74) is 2.61. The third kappa shape index (κ3) is 4.69. The quantitative estimate of drug-likeness (QED) is 0.780. The molecule has 154 valence electrons. The molecule has 0 bridgehead atoms. The first-order valence-electron chi connectivity index (χ1n) is 9.80. The Morgan fingerprint density at radius 2 is 2.04 bits per heavy atom. The number of fused-ring (bicyclic) bond motifs is 1. The second kappa shape index (κ2) is 7.78. The van der Waals surface area contributed by atoms with Crippen LogP contribution in [0.2, 0.25) is 0 Å². The number of nitrogens with zero attached hydrogens (tertiary/aromatic N) is 1. The SMILES string of the molecule is CC(C)(C)c1ccc2c(c1)N(S(C)(=O)=O)C[C@H](C(=O)NCC1=CCCCC1)O2.